The van der Waals surface area contributed by atoms with Crippen LogP contribution in [0.3, 0.4) is 0 Å². The van der Waals surface area contributed by atoms with Gasteiger partial charge in [-0.25, -0.2) is 4.79 Å². The summed E-state index contributed by atoms with van der Waals surface area (Å²) >= 11 is 0. The maximum absolute atomic E-state index is 11.6. The van der Waals surface area contributed by atoms with Gasteiger partial charge in [-0.1, -0.05) is 26.0 Å². The minimum absolute atomic E-state index is 0.106. The van der Waals surface area contributed by atoms with E-state index in [9.17, 15) is 4.79 Å². The summed E-state index contributed by atoms with van der Waals surface area (Å²) in [6.45, 7) is 8.44. The van der Waals surface area contributed by atoms with Crippen molar-refractivity contribution in [2.24, 2.45) is 0 Å². The lowest BCUT2D eigenvalue weighted by atomic mass is 10.1. The van der Waals surface area contributed by atoms with Gasteiger partial charge in [-0.2, -0.15) is 0 Å². The summed E-state index contributed by atoms with van der Waals surface area (Å²) in [4.78, 5) is 13.9. The minimum atomic E-state index is -0.106. The number of carbonyl (C=O) groups is 1. The van der Waals surface area contributed by atoms with Gasteiger partial charge in [0.1, 0.15) is 5.75 Å². The van der Waals surface area contributed by atoms with Gasteiger partial charge in [0, 0.05) is 19.6 Å². The first-order chi connectivity index (χ1) is 10.2. The molecule has 21 heavy (non-hydrogen) atoms. The fourth-order valence-electron chi connectivity index (χ4n) is 2.08. The molecule has 0 saturated heterocycles. The van der Waals surface area contributed by atoms with Crippen LogP contribution in [0.25, 0.3) is 0 Å². The van der Waals surface area contributed by atoms with Crippen LogP contribution in [0.2, 0.25) is 0 Å². The molecule has 0 radical (unpaired) electrons. The molecule has 2 amide bonds. The van der Waals surface area contributed by atoms with Crippen LogP contribution >= 0.6 is 0 Å². The maximum atomic E-state index is 11.6. The molecule has 5 heteroatoms. The van der Waals surface area contributed by atoms with Gasteiger partial charge >= 0.3 is 6.03 Å². The Balaban J connectivity index is 2.18. The molecule has 1 rings (SSSR count). The van der Waals surface area contributed by atoms with Gasteiger partial charge in [-0.3, -0.25) is 0 Å². The Hall–Kier alpha value is -1.75. The Labute approximate surface area is 127 Å². The van der Waals surface area contributed by atoms with Crippen molar-refractivity contribution >= 4 is 6.03 Å². The third-order valence-electron chi connectivity index (χ3n) is 3.44. The van der Waals surface area contributed by atoms with Crippen molar-refractivity contribution in [3.8, 4) is 5.75 Å². The SMILES string of the molecule is CCN(CC)CCNC(=O)NCCc1cccc(OC)c1. The highest BCUT2D eigenvalue weighted by Gasteiger charge is 2.02. The molecule has 0 saturated carbocycles. The van der Waals surface area contributed by atoms with E-state index in [1.165, 1.54) is 0 Å². The second-order valence-electron chi connectivity index (χ2n) is 4.81. The van der Waals surface area contributed by atoms with E-state index in [-0.39, 0.29) is 6.03 Å². The molecule has 0 fully saturated rings. The van der Waals surface area contributed by atoms with Crippen molar-refractivity contribution in [3.63, 3.8) is 0 Å². The number of amides is 2. The van der Waals surface area contributed by atoms with Crippen molar-refractivity contribution < 1.29 is 9.53 Å². The number of hydrogen-bond donors (Lipinski definition) is 2. The molecule has 5 nitrogen and oxygen atoms in total. The molecule has 1 aromatic carbocycles. The van der Waals surface area contributed by atoms with Crippen LogP contribution in [0.15, 0.2) is 24.3 Å². The van der Waals surface area contributed by atoms with Crippen LogP contribution in [-0.2, 0) is 6.42 Å². The van der Waals surface area contributed by atoms with Gasteiger partial charge < -0.3 is 20.3 Å². The fourth-order valence-corrected chi connectivity index (χ4v) is 2.08. The van der Waals surface area contributed by atoms with Gasteiger partial charge in [0.25, 0.3) is 0 Å². The van der Waals surface area contributed by atoms with E-state index < -0.39 is 0 Å². The third-order valence-corrected chi connectivity index (χ3v) is 3.44. The van der Waals surface area contributed by atoms with Crippen LogP contribution in [0.4, 0.5) is 4.79 Å². The van der Waals surface area contributed by atoms with Crippen LogP contribution in [0.5, 0.6) is 5.75 Å². The molecule has 0 aliphatic heterocycles. The van der Waals surface area contributed by atoms with Crippen LogP contribution in [0, 0.1) is 0 Å². The zero-order chi connectivity index (χ0) is 15.5. The summed E-state index contributed by atoms with van der Waals surface area (Å²) in [6, 6.07) is 7.78. The molecule has 1 aromatic rings. The predicted molar refractivity (Wildman–Crippen MR) is 85.9 cm³/mol. The average molecular weight is 293 g/mol. The average Bonchev–Trinajstić information content (AvgIpc) is 2.52. The van der Waals surface area contributed by atoms with Crippen molar-refractivity contribution in [1.82, 2.24) is 15.5 Å². The van der Waals surface area contributed by atoms with E-state index in [1.807, 2.05) is 24.3 Å². The number of methoxy groups -OCH3 is 1. The number of nitrogens with zero attached hydrogens (tertiary/aromatic N) is 1. The van der Waals surface area contributed by atoms with Crippen molar-refractivity contribution in [1.29, 1.82) is 0 Å². The van der Waals surface area contributed by atoms with Gasteiger partial charge in [0.05, 0.1) is 7.11 Å². The largest absolute Gasteiger partial charge is 0.497 e. The molecule has 118 valence electrons. The molecule has 0 aliphatic rings. The van der Waals surface area contributed by atoms with Gasteiger partial charge in [0.2, 0.25) is 0 Å². The summed E-state index contributed by atoms with van der Waals surface area (Å²) in [7, 11) is 1.65. The molecule has 0 unspecified atom stereocenters. The van der Waals surface area contributed by atoms with Crippen molar-refractivity contribution in [2.75, 3.05) is 39.8 Å². The topological polar surface area (TPSA) is 53.6 Å². The number of hydrogen-bond acceptors (Lipinski definition) is 3. The molecule has 0 bridgehead atoms. The highest BCUT2D eigenvalue weighted by molar-refractivity contribution is 5.73. The Morgan fingerprint density at radius 3 is 2.57 bits per heavy atom. The quantitative estimate of drug-likeness (QED) is 0.731. The maximum Gasteiger partial charge on any atom is 0.314 e. The Morgan fingerprint density at radius 1 is 1.19 bits per heavy atom. The predicted octanol–water partition coefficient (Wildman–Crippen LogP) is 1.88. The monoisotopic (exact) mass is 293 g/mol. The molecule has 2 N–H and O–H groups in total. The zero-order valence-corrected chi connectivity index (χ0v) is 13.3. The van der Waals surface area contributed by atoms with E-state index in [1.54, 1.807) is 7.11 Å². The lowest BCUT2D eigenvalue weighted by Crippen LogP contribution is -2.41. The number of rotatable bonds is 9. The lowest BCUT2D eigenvalue weighted by Gasteiger charge is -2.18. The van der Waals surface area contributed by atoms with Crippen molar-refractivity contribution in [3.05, 3.63) is 29.8 Å². The molecular weight excluding hydrogens is 266 g/mol. The van der Waals surface area contributed by atoms with E-state index in [4.69, 9.17) is 4.74 Å². The van der Waals surface area contributed by atoms with E-state index >= 15 is 0 Å². The normalized spacial score (nSPS) is 10.5. The summed E-state index contributed by atoms with van der Waals surface area (Å²) < 4.78 is 5.17. The fraction of sp³-hybridized carbons (Fsp3) is 0.562. The van der Waals surface area contributed by atoms with Crippen LogP contribution in [0.1, 0.15) is 19.4 Å². The summed E-state index contributed by atoms with van der Waals surface area (Å²) in [5, 5.41) is 5.74. The summed E-state index contributed by atoms with van der Waals surface area (Å²) in [5.41, 5.74) is 1.15. The number of likely N-dealkylation sites (N-methyl/N-ethyl adjacent to an activating group) is 1. The van der Waals surface area contributed by atoms with Gasteiger partial charge in [-0.05, 0) is 37.2 Å². The molecule has 0 aliphatic carbocycles. The van der Waals surface area contributed by atoms with Gasteiger partial charge in [-0.15, -0.1) is 0 Å². The second-order valence-corrected chi connectivity index (χ2v) is 4.81. The molecule has 0 heterocycles. The van der Waals surface area contributed by atoms with Gasteiger partial charge in [0.15, 0.2) is 0 Å². The first-order valence-electron chi connectivity index (χ1n) is 7.56. The highest BCUT2D eigenvalue weighted by atomic mass is 16.5. The van der Waals surface area contributed by atoms with Crippen LogP contribution in [-0.4, -0.2) is 50.8 Å². The molecule has 0 aromatic heterocycles. The molecule has 0 spiro atoms. The van der Waals surface area contributed by atoms with E-state index in [2.05, 4.69) is 29.4 Å². The number of carbonyl (C=O) groups excluding carboxylic acids is 1. The Morgan fingerprint density at radius 2 is 1.90 bits per heavy atom. The van der Waals surface area contributed by atoms with E-state index in [0.29, 0.717) is 13.1 Å². The molecule has 0 atom stereocenters. The number of benzene rings is 1. The Kier molecular flexibility index (Phi) is 8.28. The van der Waals surface area contributed by atoms with Crippen LogP contribution < -0.4 is 15.4 Å². The third kappa shape index (κ3) is 6.99. The van der Waals surface area contributed by atoms with E-state index in [0.717, 1.165) is 37.4 Å². The number of urea groups is 1. The standard InChI is InChI=1S/C16H27N3O2/c1-4-19(5-2)12-11-18-16(20)17-10-9-14-7-6-8-15(13-14)21-3/h6-8,13H,4-5,9-12H2,1-3H3,(H2,17,18,20). The highest BCUT2D eigenvalue weighted by Crippen LogP contribution is 2.12. The minimum Gasteiger partial charge on any atom is -0.497 e. The Bertz CT molecular complexity index is 420. The smallest absolute Gasteiger partial charge is 0.314 e. The summed E-state index contributed by atoms with van der Waals surface area (Å²) in [6.07, 6.45) is 0.792. The number of ether oxygens (including phenoxy) is 1. The first-order valence-corrected chi connectivity index (χ1v) is 7.56. The molecular formula is C16H27N3O2. The van der Waals surface area contributed by atoms with Crippen molar-refractivity contribution in [2.45, 2.75) is 20.3 Å². The first kappa shape index (κ1) is 17.3. The lowest BCUT2D eigenvalue weighted by molar-refractivity contribution is 0.237. The number of nitrogens with one attached hydrogen (secondary N) is 2. The second kappa shape index (κ2) is 10.0. The zero-order valence-electron chi connectivity index (χ0n) is 13.3. The summed E-state index contributed by atoms with van der Waals surface area (Å²) in [5.74, 6) is 0.844.